The molecule has 3 heterocycles. The number of aromatic nitrogens is 3. The molecule has 132 valence electrons. The van der Waals surface area contributed by atoms with Crippen LogP contribution in [-0.2, 0) is 6.42 Å². The van der Waals surface area contributed by atoms with Gasteiger partial charge in [-0.25, -0.2) is 14.4 Å². The van der Waals surface area contributed by atoms with Gasteiger partial charge < -0.3 is 9.47 Å². The first-order valence-electron chi connectivity index (χ1n) is 9.03. The monoisotopic (exact) mass is 350 g/mol. The van der Waals surface area contributed by atoms with Crippen LogP contribution in [0.2, 0.25) is 0 Å². The van der Waals surface area contributed by atoms with Crippen molar-refractivity contribution in [2.45, 2.75) is 38.3 Å². The predicted octanol–water partition coefficient (Wildman–Crippen LogP) is 3.66. The second-order valence-electron chi connectivity index (χ2n) is 7.22. The molecular weight excluding hydrogens is 331 g/mol. The lowest BCUT2D eigenvalue weighted by molar-refractivity contribution is 0.0677. The van der Waals surface area contributed by atoms with Crippen LogP contribution in [0.5, 0.6) is 0 Å². The number of benzene rings is 1. The second-order valence-corrected chi connectivity index (χ2v) is 7.22. The van der Waals surface area contributed by atoms with Gasteiger partial charge in [-0.05, 0) is 55.5 Å². The fourth-order valence-electron chi connectivity index (χ4n) is 3.88. The molecule has 1 aliphatic carbocycles. The fraction of sp³-hybridized carbons (Fsp3) is 0.350. The van der Waals surface area contributed by atoms with Crippen molar-refractivity contribution in [3.8, 4) is 0 Å². The quantitative estimate of drug-likeness (QED) is 0.709. The van der Waals surface area contributed by atoms with Crippen molar-refractivity contribution < 1.29 is 9.18 Å². The van der Waals surface area contributed by atoms with E-state index < -0.39 is 0 Å². The van der Waals surface area contributed by atoms with E-state index in [0.29, 0.717) is 18.2 Å². The molecule has 1 amide bonds. The smallest absolute Gasteiger partial charge is 0.256 e. The molecule has 1 aliphatic heterocycles. The van der Waals surface area contributed by atoms with E-state index in [1.807, 2.05) is 25.4 Å². The van der Waals surface area contributed by atoms with Gasteiger partial charge in [0, 0.05) is 18.8 Å². The van der Waals surface area contributed by atoms with Crippen LogP contribution in [-0.4, -0.2) is 31.9 Å². The molecule has 5 nitrogen and oxygen atoms in total. The summed E-state index contributed by atoms with van der Waals surface area (Å²) in [6.45, 7) is 2.57. The second kappa shape index (κ2) is 5.62. The van der Waals surface area contributed by atoms with Gasteiger partial charge in [-0.15, -0.1) is 0 Å². The number of fused-ring (bicyclic) bond motifs is 2. The number of nitrogens with zero attached hydrogens (tertiary/aromatic N) is 4. The highest BCUT2D eigenvalue weighted by atomic mass is 19.1. The van der Waals surface area contributed by atoms with E-state index in [1.54, 1.807) is 11.1 Å². The van der Waals surface area contributed by atoms with Gasteiger partial charge in [0.25, 0.3) is 5.91 Å². The molecule has 0 N–H and O–H groups in total. The first kappa shape index (κ1) is 15.5. The van der Waals surface area contributed by atoms with Crippen LogP contribution < -0.4 is 0 Å². The van der Waals surface area contributed by atoms with E-state index in [1.165, 1.54) is 12.1 Å². The number of carbonyl (C=O) groups is 1. The van der Waals surface area contributed by atoms with E-state index in [0.717, 1.165) is 41.6 Å². The van der Waals surface area contributed by atoms with E-state index >= 15 is 0 Å². The minimum Gasteiger partial charge on any atom is -0.331 e. The Morgan fingerprint density at radius 2 is 2.08 bits per heavy atom. The number of hydrogen-bond donors (Lipinski definition) is 0. The Balaban J connectivity index is 1.47. The normalized spacial score (nSPS) is 19.6. The Bertz CT molecular complexity index is 1020. The average molecular weight is 350 g/mol. The molecule has 0 saturated heterocycles. The summed E-state index contributed by atoms with van der Waals surface area (Å²) >= 11 is 0. The van der Waals surface area contributed by atoms with Gasteiger partial charge in [-0.2, -0.15) is 0 Å². The van der Waals surface area contributed by atoms with Gasteiger partial charge >= 0.3 is 0 Å². The molecule has 0 radical (unpaired) electrons. The minimum atomic E-state index is -0.265. The van der Waals surface area contributed by atoms with Gasteiger partial charge in [0.2, 0.25) is 0 Å². The molecule has 26 heavy (non-hydrogen) atoms. The average Bonchev–Trinajstić information content (AvgIpc) is 3.41. The highest BCUT2D eigenvalue weighted by Gasteiger charge is 2.30. The number of amides is 1. The van der Waals surface area contributed by atoms with E-state index in [4.69, 9.17) is 0 Å². The topological polar surface area (TPSA) is 51.0 Å². The third kappa shape index (κ3) is 2.40. The van der Waals surface area contributed by atoms with Crippen molar-refractivity contribution in [2.75, 3.05) is 6.54 Å². The lowest BCUT2D eigenvalue weighted by Gasteiger charge is -2.35. The van der Waals surface area contributed by atoms with Crippen LogP contribution in [0.1, 0.15) is 53.3 Å². The summed E-state index contributed by atoms with van der Waals surface area (Å²) in [6.07, 6.45) is 6.51. The third-order valence-corrected chi connectivity index (χ3v) is 5.51. The Morgan fingerprint density at radius 3 is 2.88 bits per heavy atom. The molecular formula is C20H19FN4O. The number of halogens is 1. The SMILES string of the molecule is CC1c2cc(F)ccc2CCN1C(=O)c1cnc2c(c1)ncn2C1CC1. The Labute approximate surface area is 150 Å². The van der Waals surface area contributed by atoms with Crippen LogP contribution in [0.4, 0.5) is 4.39 Å². The van der Waals surface area contributed by atoms with Crippen molar-refractivity contribution in [2.24, 2.45) is 0 Å². The number of rotatable bonds is 2. The zero-order chi connectivity index (χ0) is 17.8. The maximum absolute atomic E-state index is 13.6. The molecule has 1 aromatic carbocycles. The highest BCUT2D eigenvalue weighted by Crippen LogP contribution is 2.37. The number of hydrogen-bond acceptors (Lipinski definition) is 3. The first-order chi connectivity index (χ1) is 12.6. The molecule has 5 rings (SSSR count). The van der Waals surface area contributed by atoms with Crippen molar-refractivity contribution in [1.29, 1.82) is 0 Å². The lowest BCUT2D eigenvalue weighted by atomic mass is 9.93. The van der Waals surface area contributed by atoms with Crippen molar-refractivity contribution in [1.82, 2.24) is 19.4 Å². The molecule has 2 aromatic heterocycles. The number of pyridine rings is 1. The van der Waals surface area contributed by atoms with E-state index in [2.05, 4.69) is 14.5 Å². The fourth-order valence-corrected chi connectivity index (χ4v) is 3.88. The Kier molecular flexibility index (Phi) is 3.35. The standard InChI is InChI=1S/C20H19FN4O/c1-12-17-9-15(21)3-2-13(17)6-7-24(12)20(26)14-8-18-19(22-10-14)25(11-23-18)16-4-5-16/h2-3,8-12,16H,4-7H2,1H3. The molecule has 0 spiro atoms. The molecule has 1 fully saturated rings. The van der Waals surface area contributed by atoms with Crippen molar-refractivity contribution >= 4 is 17.1 Å². The summed E-state index contributed by atoms with van der Waals surface area (Å²) in [6, 6.07) is 7.00. The van der Waals surface area contributed by atoms with E-state index in [-0.39, 0.29) is 17.8 Å². The number of imidazole rings is 1. The maximum Gasteiger partial charge on any atom is 0.256 e. The van der Waals surface area contributed by atoms with Crippen molar-refractivity contribution in [3.05, 3.63) is 59.3 Å². The van der Waals surface area contributed by atoms with Gasteiger partial charge in [0.05, 0.1) is 17.9 Å². The summed E-state index contributed by atoms with van der Waals surface area (Å²) in [7, 11) is 0. The van der Waals surface area contributed by atoms with Crippen LogP contribution in [0.15, 0.2) is 36.8 Å². The van der Waals surface area contributed by atoms with Crippen LogP contribution in [0, 0.1) is 5.82 Å². The van der Waals surface area contributed by atoms with Gasteiger partial charge in [0.15, 0.2) is 5.65 Å². The Morgan fingerprint density at radius 1 is 1.23 bits per heavy atom. The van der Waals surface area contributed by atoms with Crippen molar-refractivity contribution in [3.63, 3.8) is 0 Å². The molecule has 2 aliphatic rings. The molecule has 1 unspecified atom stereocenters. The van der Waals surface area contributed by atoms with Crippen LogP contribution in [0.3, 0.4) is 0 Å². The summed E-state index contributed by atoms with van der Waals surface area (Å²) in [5.41, 5.74) is 4.11. The molecule has 1 atom stereocenters. The molecule has 1 saturated carbocycles. The first-order valence-corrected chi connectivity index (χ1v) is 9.03. The lowest BCUT2D eigenvalue weighted by Crippen LogP contribution is -2.39. The van der Waals surface area contributed by atoms with Gasteiger partial charge in [-0.1, -0.05) is 6.07 Å². The van der Waals surface area contributed by atoms with Crippen LogP contribution >= 0.6 is 0 Å². The zero-order valence-corrected chi connectivity index (χ0v) is 14.5. The minimum absolute atomic E-state index is 0.0808. The molecule has 0 bridgehead atoms. The number of carbonyl (C=O) groups excluding carboxylic acids is 1. The third-order valence-electron chi connectivity index (χ3n) is 5.51. The highest BCUT2D eigenvalue weighted by molar-refractivity contribution is 5.96. The summed E-state index contributed by atoms with van der Waals surface area (Å²) in [5, 5.41) is 0. The van der Waals surface area contributed by atoms with Gasteiger partial charge in [0.1, 0.15) is 11.3 Å². The largest absolute Gasteiger partial charge is 0.331 e. The predicted molar refractivity (Wildman–Crippen MR) is 95.4 cm³/mol. The van der Waals surface area contributed by atoms with Gasteiger partial charge in [-0.3, -0.25) is 4.79 Å². The maximum atomic E-state index is 13.6. The Hall–Kier alpha value is -2.76. The summed E-state index contributed by atoms with van der Waals surface area (Å²) in [4.78, 5) is 23.8. The zero-order valence-electron chi connectivity index (χ0n) is 14.5. The van der Waals surface area contributed by atoms with E-state index in [9.17, 15) is 9.18 Å². The summed E-state index contributed by atoms with van der Waals surface area (Å²) < 4.78 is 15.7. The summed E-state index contributed by atoms with van der Waals surface area (Å²) in [5.74, 6) is -0.346. The molecule has 3 aromatic rings. The molecule has 6 heteroatoms. The van der Waals surface area contributed by atoms with Crippen LogP contribution in [0.25, 0.3) is 11.2 Å².